The van der Waals surface area contributed by atoms with Gasteiger partial charge in [0.15, 0.2) is 5.78 Å². The van der Waals surface area contributed by atoms with Crippen LogP contribution in [0.2, 0.25) is 0 Å². The maximum atomic E-state index is 12.8. The molecule has 0 aromatic carbocycles. The van der Waals surface area contributed by atoms with Gasteiger partial charge in [0.25, 0.3) is 5.91 Å². The van der Waals surface area contributed by atoms with Crippen molar-refractivity contribution in [3.63, 3.8) is 0 Å². The second kappa shape index (κ2) is 8.08. The summed E-state index contributed by atoms with van der Waals surface area (Å²) in [6.07, 6.45) is 5.03. The van der Waals surface area contributed by atoms with E-state index in [0.717, 1.165) is 37.7 Å². The molecule has 0 radical (unpaired) electrons. The van der Waals surface area contributed by atoms with Crippen LogP contribution in [0.5, 0.6) is 0 Å². The lowest BCUT2D eigenvalue weighted by Crippen LogP contribution is -2.35. The van der Waals surface area contributed by atoms with Gasteiger partial charge < -0.3 is 9.64 Å². The van der Waals surface area contributed by atoms with Crippen LogP contribution < -0.4 is 0 Å². The predicted molar refractivity (Wildman–Crippen MR) is 83.2 cm³/mol. The van der Waals surface area contributed by atoms with Gasteiger partial charge in [0, 0.05) is 32.2 Å². The molecule has 0 spiro atoms. The molecule has 0 saturated carbocycles. The minimum absolute atomic E-state index is 0.0415. The van der Waals surface area contributed by atoms with Crippen molar-refractivity contribution in [2.24, 2.45) is 0 Å². The Balaban J connectivity index is 2.21. The van der Waals surface area contributed by atoms with E-state index in [0.29, 0.717) is 37.5 Å². The summed E-state index contributed by atoms with van der Waals surface area (Å²) in [5, 5.41) is 6.91. The van der Waals surface area contributed by atoms with Crippen molar-refractivity contribution in [1.29, 1.82) is 0 Å². The molecular formula is C16H25N3O3. The summed E-state index contributed by atoms with van der Waals surface area (Å²) in [6.45, 7) is 3.85. The number of hydrogen-bond donors (Lipinski definition) is 1. The number of rotatable bonds is 7. The number of amides is 1. The van der Waals surface area contributed by atoms with Crippen molar-refractivity contribution in [2.45, 2.75) is 45.4 Å². The maximum Gasteiger partial charge on any atom is 0.272 e. The third-order valence-corrected chi connectivity index (χ3v) is 4.06. The van der Waals surface area contributed by atoms with Gasteiger partial charge in [-0.2, -0.15) is 5.10 Å². The SMILES string of the molecule is CCCCN(CCOC)C(=O)c1[nH]nc2c1CCCCC2=O. The van der Waals surface area contributed by atoms with Crippen LogP contribution in [0, 0.1) is 0 Å². The van der Waals surface area contributed by atoms with Gasteiger partial charge in [0.05, 0.1) is 6.61 Å². The van der Waals surface area contributed by atoms with Crippen molar-refractivity contribution in [3.8, 4) is 0 Å². The van der Waals surface area contributed by atoms with Crippen LogP contribution in [0.25, 0.3) is 0 Å². The van der Waals surface area contributed by atoms with Crippen LogP contribution in [0.15, 0.2) is 0 Å². The number of aromatic amines is 1. The van der Waals surface area contributed by atoms with Crippen LogP contribution in [0.4, 0.5) is 0 Å². The monoisotopic (exact) mass is 307 g/mol. The fourth-order valence-corrected chi connectivity index (χ4v) is 2.75. The van der Waals surface area contributed by atoms with Crippen molar-refractivity contribution in [3.05, 3.63) is 17.0 Å². The van der Waals surface area contributed by atoms with E-state index in [2.05, 4.69) is 17.1 Å². The molecule has 1 aromatic heterocycles. The lowest BCUT2D eigenvalue weighted by molar-refractivity contribution is 0.0686. The first-order chi connectivity index (χ1) is 10.7. The number of carbonyl (C=O) groups excluding carboxylic acids is 2. The van der Waals surface area contributed by atoms with Crippen molar-refractivity contribution in [1.82, 2.24) is 15.1 Å². The van der Waals surface area contributed by atoms with E-state index in [4.69, 9.17) is 4.74 Å². The van der Waals surface area contributed by atoms with E-state index in [9.17, 15) is 9.59 Å². The molecule has 1 aliphatic carbocycles. The second-order valence-corrected chi connectivity index (χ2v) is 5.69. The molecule has 2 rings (SSSR count). The molecule has 22 heavy (non-hydrogen) atoms. The molecule has 0 atom stereocenters. The molecule has 6 nitrogen and oxygen atoms in total. The van der Waals surface area contributed by atoms with Crippen LogP contribution in [-0.2, 0) is 11.2 Å². The van der Waals surface area contributed by atoms with Crippen molar-refractivity contribution >= 4 is 11.7 Å². The summed E-state index contributed by atoms with van der Waals surface area (Å²) in [7, 11) is 1.63. The molecule has 122 valence electrons. The van der Waals surface area contributed by atoms with Crippen LogP contribution in [0.3, 0.4) is 0 Å². The lowest BCUT2D eigenvalue weighted by atomic mass is 10.1. The summed E-state index contributed by atoms with van der Waals surface area (Å²) < 4.78 is 5.10. The largest absolute Gasteiger partial charge is 0.383 e. The number of H-pyrrole nitrogens is 1. The van der Waals surface area contributed by atoms with Gasteiger partial charge in [-0.15, -0.1) is 0 Å². The Hall–Kier alpha value is -1.69. The molecule has 1 amide bonds. The van der Waals surface area contributed by atoms with Gasteiger partial charge in [-0.3, -0.25) is 14.7 Å². The molecule has 1 aliphatic rings. The van der Waals surface area contributed by atoms with Crippen LogP contribution >= 0.6 is 0 Å². The van der Waals surface area contributed by atoms with E-state index in [-0.39, 0.29) is 11.7 Å². The van der Waals surface area contributed by atoms with E-state index in [1.165, 1.54) is 0 Å². The first-order valence-corrected chi connectivity index (χ1v) is 8.07. The molecule has 0 aliphatic heterocycles. The number of ether oxygens (including phenoxy) is 1. The molecule has 1 heterocycles. The summed E-state index contributed by atoms with van der Waals surface area (Å²) >= 11 is 0. The summed E-state index contributed by atoms with van der Waals surface area (Å²) in [4.78, 5) is 26.6. The molecule has 0 saturated heterocycles. The van der Waals surface area contributed by atoms with Crippen LogP contribution in [-0.4, -0.2) is 53.6 Å². The van der Waals surface area contributed by atoms with Gasteiger partial charge in [-0.1, -0.05) is 13.3 Å². The Bertz CT molecular complexity index is 517. The number of aromatic nitrogens is 2. The third-order valence-electron chi connectivity index (χ3n) is 4.06. The van der Waals surface area contributed by atoms with Gasteiger partial charge in [0.2, 0.25) is 0 Å². The fourth-order valence-electron chi connectivity index (χ4n) is 2.75. The average molecular weight is 307 g/mol. The molecule has 0 bridgehead atoms. The van der Waals surface area contributed by atoms with Gasteiger partial charge in [0.1, 0.15) is 11.4 Å². The van der Waals surface area contributed by atoms with Crippen molar-refractivity contribution < 1.29 is 14.3 Å². The average Bonchev–Trinajstić information content (AvgIpc) is 2.86. The van der Waals surface area contributed by atoms with E-state index >= 15 is 0 Å². The molecule has 6 heteroatoms. The molecular weight excluding hydrogens is 282 g/mol. The fraction of sp³-hybridized carbons (Fsp3) is 0.688. The first kappa shape index (κ1) is 16.7. The lowest BCUT2D eigenvalue weighted by Gasteiger charge is -2.22. The summed E-state index contributed by atoms with van der Waals surface area (Å²) in [5.74, 6) is -0.0336. The molecule has 1 N–H and O–H groups in total. The molecule has 1 aromatic rings. The zero-order valence-electron chi connectivity index (χ0n) is 13.5. The number of nitrogens with one attached hydrogen (secondary N) is 1. The number of unbranched alkanes of at least 4 members (excludes halogenated alkanes) is 1. The number of carbonyl (C=O) groups is 2. The highest BCUT2D eigenvalue weighted by Crippen LogP contribution is 2.22. The standard InChI is InChI=1S/C16H25N3O3/c1-3-4-9-19(10-11-22-2)16(21)15-12-7-5-6-8-13(20)14(12)17-18-15/h3-11H2,1-2H3,(H,17,18). The number of ketones is 1. The third kappa shape index (κ3) is 3.74. The maximum absolute atomic E-state index is 12.8. The molecule has 0 unspecified atom stereocenters. The zero-order chi connectivity index (χ0) is 15.9. The van der Waals surface area contributed by atoms with E-state index in [1.54, 1.807) is 12.0 Å². The minimum atomic E-state index is -0.0750. The van der Waals surface area contributed by atoms with Gasteiger partial charge in [-0.05, 0) is 25.7 Å². The molecule has 0 fully saturated rings. The second-order valence-electron chi connectivity index (χ2n) is 5.69. The Kier molecular flexibility index (Phi) is 6.12. The zero-order valence-corrected chi connectivity index (χ0v) is 13.5. The summed E-state index contributed by atoms with van der Waals surface area (Å²) in [5.41, 5.74) is 1.74. The Morgan fingerprint density at radius 3 is 2.82 bits per heavy atom. The van der Waals surface area contributed by atoms with Gasteiger partial charge in [-0.25, -0.2) is 0 Å². The Morgan fingerprint density at radius 2 is 2.09 bits per heavy atom. The van der Waals surface area contributed by atoms with Crippen molar-refractivity contribution in [2.75, 3.05) is 26.8 Å². The quantitative estimate of drug-likeness (QED) is 0.784. The predicted octanol–water partition coefficient (Wildman–Crippen LogP) is 2.21. The number of fused-ring (bicyclic) bond motifs is 1. The number of methoxy groups -OCH3 is 1. The highest BCUT2D eigenvalue weighted by molar-refractivity contribution is 6.01. The first-order valence-electron chi connectivity index (χ1n) is 8.07. The summed E-state index contributed by atoms with van der Waals surface area (Å²) in [6, 6.07) is 0. The number of Topliss-reactive ketones (excluding diaryl/α,β-unsaturated/α-hetero) is 1. The van der Waals surface area contributed by atoms with E-state index < -0.39 is 0 Å². The Labute approximate surface area is 131 Å². The highest BCUT2D eigenvalue weighted by atomic mass is 16.5. The minimum Gasteiger partial charge on any atom is -0.383 e. The van der Waals surface area contributed by atoms with Gasteiger partial charge >= 0.3 is 0 Å². The number of hydrogen-bond acceptors (Lipinski definition) is 4. The topological polar surface area (TPSA) is 75.3 Å². The smallest absolute Gasteiger partial charge is 0.272 e. The van der Waals surface area contributed by atoms with Crippen LogP contribution in [0.1, 0.15) is 65.6 Å². The normalized spacial score (nSPS) is 14.5. The van der Waals surface area contributed by atoms with E-state index in [1.807, 2.05) is 0 Å². The number of nitrogens with zero attached hydrogens (tertiary/aromatic N) is 2. The Morgan fingerprint density at radius 1 is 1.32 bits per heavy atom. The highest BCUT2D eigenvalue weighted by Gasteiger charge is 2.27.